The van der Waals surface area contributed by atoms with E-state index in [1.165, 1.54) is 25.3 Å². The van der Waals surface area contributed by atoms with Gasteiger partial charge in [-0.2, -0.15) is 15.9 Å². The molecule has 0 atom stereocenters. The third-order valence-electron chi connectivity index (χ3n) is 3.48. The van der Waals surface area contributed by atoms with E-state index in [4.69, 9.17) is 14.7 Å². The van der Waals surface area contributed by atoms with Gasteiger partial charge in [0.25, 0.3) is 0 Å². The molecule has 1 aliphatic rings. The van der Waals surface area contributed by atoms with Gasteiger partial charge >= 0.3 is 0 Å². The summed E-state index contributed by atoms with van der Waals surface area (Å²) in [5, 5.41) is 8.88. The number of rotatable bonds is 3. The topological polar surface area (TPSA) is 99.8 Å². The highest BCUT2D eigenvalue weighted by atomic mass is 32.3. The van der Waals surface area contributed by atoms with Crippen LogP contribution in [0.4, 0.5) is 4.39 Å². The van der Waals surface area contributed by atoms with Crippen molar-refractivity contribution in [2.45, 2.75) is 4.90 Å². The Hall–Kier alpha value is -2.60. The molecule has 0 saturated carbocycles. The lowest BCUT2D eigenvalue weighted by molar-refractivity contribution is 0.101. The number of Topliss-reactive ketones (excluding diaryl/α,β-unsaturated/α-hetero) is 1. The van der Waals surface area contributed by atoms with Crippen molar-refractivity contribution in [2.75, 3.05) is 12.9 Å². The summed E-state index contributed by atoms with van der Waals surface area (Å²) >= 11 is 0. The van der Waals surface area contributed by atoms with Crippen molar-refractivity contribution in [1.82, 2.24) is 0 Å². The summed E-state index contributed by atoms with van der Waals surface area (Å²) in [6, 6.07) is 8.08. The fourth-order valence-electron chi connectivity index (χ4n) is 2.51. The molecule has 24 heavy (non-hydrogen) atoms. The van der Waals surface area contributed by atoms with Gasteiger partial charge in [-0.3, -0.25) is 13.9 Å². The first-order valence-corrected chi connectivity index (χ1v) is 8.46. The van der Waals surface area contributed by atoms with Crippen LogP contribution in [0.1, 0.15) is 15.9 Å². The van der Waals surface area contributed by atoms with Crippen LogP contribution in [0.15, 0.2) is 35.2 Å². The largest absolute Gasteiger partial charge is 0.492 e. The molecule has 0 bridgehead atoms. The zero-order valence-corrected chi connectivity index (χ0v) is 13.3. The van der Waals surface area contributed by atoms with Crippen LogP contribution in [-0.4, -0.2) is 27.8 Å². The minimum Gasteiger partial charge on any atom is -0.492 e. The average Bonchev–Trinajstić information content (AvgIpc) is 2.76. The van der Waals surface area contributed by atoms with Gasteiger partial charge in [-0.1, -0.05) is 0 Å². The van der Waals surface area contributed by atoms with Crippen LogP contribution >= 0.6 is 10.6 Å². The molecule has 2 N–H and O–H groups in total. The maximum absolute atomic E-state index is 13.5. The standard InChI is InChI=1S/C16H12FNO5S/c1-22-16-13(23-11-5-9(7-18)4-10(17)6-11)2-3-14-15(16)12(19)8-24(14,20)21/h2-6,20-21H,8H2,1H3. The van der Waals surface area contributed by atoms with Crippen LogP contribution in [-0.2, 0) is 0 Å². The maximum Gasteiger partial charge on any atom is 0.187 e. The van der Waals surface area contributed by atoms with E-state index in [9.17, 15) is 18.3 Å². The fraction of sp³-hybridized carbons (Fsp3) is 0.125. The van der Waals surface area contributed by atoms with E-state index in [1.807, 2.05) is 6.07 Å². The zero-order valence-electron chi connectivity index (χ0n) is 12.4. The number of nitrogens with zero attached hydrogens (tertiary/aromatic N) is 1. The van der Waals surface area contributed by atoms with E-state index in [1.54, 1.807) is 0 Å². The molecule has 0 saturated heterocycles. The molecule has 3 rings (SSSR count). The summed E-state index contributed by atoms with van der Waals surface area (Å²) in [7, 11) is -1.87. The van der Waals surface area contributed by atoms with Crippen LogP contribution in [0.3, 0.4) is 0 Å². The normalized spacial score (nSPS) is 16.2. The first-order valence-electron chi connectivity index (χ1n) is 6.74. The van der Waals surface area contributed by atoms with Crippen LogP contribution in [0, 0.1) is 17.1 Å². The van der Waals surface area contributed by atoms with Crippen LogP contribution < -0.4 is 9.47 Å². The van der Waals surface area contributed by atoms with Gasteiger partial charge in [-0.05, 0) is 24.3 Å². The van der Waals surface area contributed by atoms with Gasteiger partial charge in [0.15, 0.2) is 17.3 Å². The lowest BCUT2D eigenvalue weighted by Gasteiger charge is -2.26. The van der Waals surface area contributed by atoms with Crippen molar-refractivity contribution in [3.63, 3.8) is 0 Å². The van der Waals surface area contributed by atoms with Crippen molar-refractivity contribution in [1.29, 1.82) is 5.26 Å². The molecule has 0 fully saturated rings. The van der Waals surface area contributed by atoms with E-state index in [0.717, 1.165) is 12.1 Å². The number of halogens is 1. The molecule has 0 radical (unpaired) electrons. The monoisotopic (exact) mass is 349 g/mol. The van der Waals surface area contributed by atoms with Crippen molar-refractivity contribution in [2.24, 2.45) is 0 Å². The number of carbonyl (C=O) groups is 1. The van der Waals surface area contributed by atoms with Gasteiger partial charge in [-0.25, -0.2) is 4.39 Å². The minimum absolute atomic E-state index is 0.0396. The summed E-state index contributed by atoms with van der Waals surface area (Å²) in [4.78, 5) is 12.2. The van der Waals surface area contributed by atoms with Crippen LogP contribution in [0.2, 0.25) is 0 Å². The SMILES string of the molecule is COc1c(Oc2cc(F)cc(C#N)c2)ccc2c1C(=O)CS2(O)O. The Balaban J connectivity index is 2.08. The molecule has 1 aliphatic heterocycles. The molecule has 0 unspecified atom stereocenters. The molecule has 2 aromatic rings. The molecular formula is C16H12FNO5S. The Kier molecular flexibility index (Phi) is 3.93. The van der Waals surface area contributed by atoms with Crippen LogP contribution in [0.25, 0.3) is 0 Å². The van der Waals surface area contributed by atoms with Crippen molar-refractivity contribution in [3.05, 3.63) is 47.3 Å². The van der Waals surface area contributed by atoms with E-state index < -0.39 is 27.9 Å². The number of ether oxygens (including phenoxy) is 2. The summed E-state index contributed by atoms with van der Waals surface area (Å²) in [6.07, 6.45) is 0. The highest BCUT2D eigenvalue weighted by molar-refractivity contribution is 8.25. The van der Waals surface area contributed by atoms with Crippen molar-refractivity contribution >= 4 is 16.4 Å². The van der Waals surface area contributed by atoms with Crippen LogP contribution in [0.5, 0.6) is 17.2 Å². The molecule has 6 nitrogen and oxygen atoms in total. The summed E-state index contributed by atoms with van der Waals surface area (Å²) in [6.45, 7) is 0. The molecule has 124 valence electrons. The second-order valence-electron chi connectivity index (χ2n) is 5.09. The van der Waals surface area contributed by atoms with E-state index in [-0.39, 0.29) is 33.3 Å². The van der Waals surface area contributed by atoms with Crippen molar-refractivity contribution < 1.29 is 27.8 Å². The predicted molar refractivity (Wildman–Crippen MR) is 84.5 cm³/mol. The Morgan fingerprint density at radius 1 is 1.29 bits per heavy atom. The molecule has 0 amide bonds. The van der Waals surface area contributed by atoms with E-state index in [2.05, 4.69) is 0 Å². The Morgan fingerprint density at radius 3 is 2.71 bits per heavy atom. The summed E-state index contributed by atoms with van der Waals surface area (Å²) < 4.78 is 44.2. The lowest BCUT2D eigenvalue weighted by Crippen LogP contribution is -2.02. The molecule has 1 heterocycles. The third kappa shape index (κ3) is 2.69. The van der Waals surface area contributed by atoms with E-state index >= 15 is 0 Å². The van der Waals surface area contributed by atoms with Gasteiger partial charge in [0, 0.05) is 6.07 Å². The Morgan fingerprint density at radius 2 is 2.04 bits per heavy atom. The predicted octanol–water partition coefficient (Wildman–Crippen LogP) is 3.80. The zero-order chi connectivity index (χ0) is 17.5. The molecule has 0 aliphatic carbocycles. The second kappa shape index (κ2) is 5.79. The number of hydrogen-bond acceptors (Lipinski definition) is 6. The Labute approximate surface area is 138 Å². The third-order valence-corrected chi connectivity index (χ3v) is 5.19. The molecule has 0 spiro atoms. The average molecular weight is 349 g/mol. The summed E-state index contributed by atoms with van der Waals surface area (Å²) in [5.41, 5.74) is 0.127. The highest BCUT2D eigenvalue weighted by Crippen LogP contribution is 2.58. The molecular weight excluding hydrogens is 337 g/mol. The number of benzene rings is 2. The second-order valence-corrected chi connectivity index (χ2v) is 7.16. The number of fused-ring (bicyclic) bond motifs is 1. The Bertz CT molecular complexity index is 891. The lowest BCUT2D eigenvalue weighted by atomic mass is 10.1. The smallest absolute Gasteiger partial charge is 0.187 e. The first-order chi connectivity index (χ1) is 11.4. The van der Waals surface area contributed by atoms with Gasteiger partial charge in [0.2, 0.25) is 0 Å². The molecule has 2 aromatic carbocycles. The van der Waals surface area contributed by atoms with Gasteiger partial charge in [-0.15, -0.1) is 0 Å². The van der Waals surface area contributed by atoms with Gasteiger partial charge in [0.05, 0.1) is 29.2 Å². The minimum atomic E-state index is -3.18. The molecule has 8 heteroatoms. The van der Waals surface area contributed by atoms with Gasteiger partial charge in [0.1, 0.15) is 17.3 Å². The highest BCUT2D eigenvalue weighted by Gasteiger charge is 2.37. The van der Waals surface area contributed by atoms with Gasteiger partial charge < -0.3 is 9.47 Å². The number of carbonyl (C=O) groups excluding carboxylic acids is 1. The maximum atomic E-state index is 13.5. The number of methoxy groups -OCH3 is 1. The number of nitriles is 1. The molecule has 0 aromatic heterocycles. The quantitative estimate of drug-likeness (QED) is 0.874. The van der Waals surface area contributed by atoms with Crippen molar-refractivity contribution in [3.8, 4) is 23.3 Å². The summed E-state index contributed by atoms with van der Waals surface area (Å²) in [5.74, 6) is -1.31. The number of hydrogen-bond donors (Lipinski definition) is 2. The fourth-order valence-corrected chi connectivity index (χ4v) is 4.00. The van der Waals surface area contributed by atoms with E-state index in [0.29, 0.717) is 0 Å². The first kappa shape index (κ1) is 16.3. The number of ketones is 1.